The maximum absolute atomic E-state index is 7.33. The molecule has 0 radical (unpaired) electrons. The molecule has 2 N–H and O–H groups in total. The van der Waals surface area contributed by atoms with Crippen LogP contribution in [0.15, 0.2) is 6.58 Å². The lowest BCUT2D eigenvalue weighted by Crippen LogP contribution is -1.90. The monoisotopic (exact) mass is 176 g/mol. The van der Waals surface area contributed by atoms with Gasteiger partial charge in [0.2, 0.25) is 0 Å². The number of H-pyrrole nitrogens is 1. The lowest BCUT2D eigenvalue weighted by molar-refractivity contribution is 0.911. The highest BCUT2D eigenvalue weighted by atomic mass is 14.7. The zero-order valence-electron chi connectivity index (χ0n) is 8.28. The van der Waals surface area contributed by atoms with Crippen LogP contribution in [0, 0.1) is 12.3 Å². The summed E-state index contributed by atoms with van der Waals surface area (Å²) in [6.07, 6.45) is 5.31. The van der Waals surface area contributed by atoms with E-state index in [4.69, 9.17) is 5.41 Å². The van der Waals surface area contributed by atoms with Crippen molar-refractivity contribution < 1.29 is 0 Å². The van der Waals surface area contributed by atoms with Crippen LogP contribution < -0.4 is 0 Å². The molecule has 0 aliphatic rings. The predicted octanol–water partition coefficient (Wildman–Crippen LogP) is 2.92. The number of rotatable bonds is 4. The first kappa shape index (κ1) is 9.78. The van der Waals surface area contributed by atoms with E-state index in [2.05, 4.69) is 18.5 Å². The van der Waals surface area contributed by atoms with Gasteiger partial charge < -0.3 is 10.4 Å². The molecule has 1 aromatic heterocycles. The summed E-state index contributed by atoms with van der Waals surface area (Å²) in [5.41, 5.74) is 4.38. The molecule has 13 heavy (non-hydrogen) atoms. The van der Waals surface area contributed by atoms with Gasteiger partial charge in [-0.3, -0.25) is 0 Å². The Labute approximate surface area is 79.2 Å². The molecule has 0 aromatic carbocycles. The van der Waals surface area contributed by atoms with E-state index in [0.29, 0.717) is 0 Å². The van der Waals surface area contributed by atoms with Crippen molar-refractivity contribution in [3.63, 3.8) is 0 Å². The van der Waals surface area contributed by atoms with Gasteiger partial charge in [-0.2, -0.15) is 0 Å². The Kier molecular flexibility index (Phi) is 3.07. The summed E-state index contributed by atoms with van der Waals surface area (Å²) in [7, 11) is 0. The molecule has 1 heterocycles. The maximum Gasteiger partial charge on any atom is 0.0468 e. The van der Waals surface area contributed by atoms with Gasteiger partial charge >= 0.3 is 0 Å². The molecule has 0 spiro atoms. The minimum absolute atomic E-state index is 0.968. The first-order valence-corrected chi connectivity index (χ1v) is 4.58. The lowest BCUT2D eigenvalue weighted by atomic mass is 10.1. The summed E-state index contributed by atoms with van der Waals surface area (Å²) in [5.74, 6) is 0. The molecule has 0 fully saturated rings. The summed E-state index contributed by atoms with van der Waals surface area (Å²) in [6, 6.07) is 0. The number of hydrogen-bond acceptors (Lipinski definition) is 1. The molecule has 0 bridgehead atoms. The molecule has 0 atom stereocenters. The van der Waals surface area contributed by atoms with Gasteiger partial charge in [-0.1, -0.05) is 19.9 Å². The third-order valence-electron chi connectivity index (χ3n) is 2.24. The smallest absolute Gasteiger partial charge is 0.0468 e. The van der Waals surface area contributed by atoms with Crippen LogP contribution in [0.1, 0.15) is 35.9 Å². The zero-order chi connectivity index (χ0) is 9.84. The number of aryl methyl sites for hydroxylation is 1. The van der Waals surface area contributed by atoms with Crippen molar-refractivity contribution in [2.45, 2.75) is 26.7 Å². The SMILES string of the molecule is C=Cc1[nH]c(C)c(CCC)c1C=N. The molecular weight excluding hydrogens is 160 g/mol. The first-order chi connectivity index (χ1) is 6.24. The summed E-state index contributed by atoms with van der Waals surface area (Å²) >= 11 is 0. The highest BCUT2D eigenvalue weighted by Gasteiger charge is 2.09. The molecule has 0 saturated carbocycles. The minimum atomic E-state index is 0.968. The first-order valence-electron chi connectivity index (χ1n) is 4.58. The highest BCUT2D eigenvalue weighted by molar-refractivity contribution is 5.85. The fraction of sp³-hybridized carbons (Fsp3) is 0.364. The van der Waals surface area contributed by atoms with Gasteiger partial charge in [-0.05, 0) is 25.0 Å². The van der Waals surface area contributed by atoms with Crippen LogP contribution in [0.3, 0.4) is 0 Å². The van der Waals surface area contributed by atoms with Gasteiger partial charge in [0.15, 0.2) is 0 Å². The number of nitrogens with one attached hydrogen (secondary N) is 2. The second kappa shape index (κ2) is 4.08. The van der Waals surface area contributed by atoms with E-state index < -0.39 is 0 Å². The van der Waals surface area contributed by atoms with Gasteiger partial charge in [0.25, 0.3) is 0 Å². The summed E-state index contributed by atoms with van der Waals surface area (Å²) in [4.78, 5) is 3.23. The van der Waals surface area contributed by atoms with Crippen LogP contribution in [0.25, 0.3) is 6.08 Å². The summed E-state index contributed by atoms with van der Waals surface area (Å²) in [6.45, 7) is 7.91. The topological polar surface area (TPSA) is 39.6 Å². The van der Waals surface area contributed by atoms with Gasteiger partial charge in [0.1, 0.15) is 0 Å². The van der Waals surface area contributed by atoms with E-state index in [1.54, 1.807) is 6.08 Å². The highest BCUT2D eigenvalue weighted by Crippen LogP contribution is 2.19. The molecule has 2 heteroatoms. The van der Waals surface area contributed by atoms with E-state index in [1.165, 1.54) is 11.8 Å². The van der Waals surface area contributed by atoms with Gasteiger partial charge in [-0.15, -0.1) is 0 Å². The molecule has 0 aliphatic carbocycles. The summed E-state index contributed by atoms with van der Waals surface area (Å²) < 4.78 is 0. The average Bonchev–Trinajstić information content (AvgIpc) is 2.44. The van der Waals surface area contributed by atoms with Crippen LogP contribution in [0.4, 0.5) is 0 Å². The normalized spacial score (nSPS) is 10.0. The molecular formula is C11H16N2. The van der Waals surface area contributed by atoms with E-state index in [1.807, 2.05) is 6.92 Å². The van der Waals surface area contributed by atoms with Crippen molar-refractivity contribution in [1.82, 2.24) is 4.98 Å². The Bertz CT molecular complexity index is 321. The Morgan fingerprint density at radius 3 is 2.69 bits per heavy atom. The Balaban J connectivity index is 3.21. The van der Waals surface area contributed by atoms with Crippen LogP contribution in [-0.2, 0) is 6.42 Å². The van der Waals surface area contributed by atoms with E-state index in [9.17, 15) is 0 Å². The molecule has 0 amide bonds. The van der Waals surface area contributed by atoms with Crippen molar-refractivity contribution in [2.24, 2.45) is 0 Å². The minimum Gasteiger partial charge on any atom is -0.358 e. The van der Waals surface area contributed by atoms with E-state index >= 15 is 0 Å². The molecule has 1 rings (SSSR count). The third-order valence-corrected chi connectivity index (χ3v) is 2.24. The van der Waals surface area contributed by atoms with Crippen LogP contribution in [0.5, 0.6) is 0 Å². The van der Waals surface area contributed by atoms with E-state index in [0.717, 1.165) is 29.8 Å². The Morgan fingerprint density at radius 1 is 1.54 bits per heavy atom. The molecule has 0 unspecified atom stereocenters. The van der Waals surface area contributed by atoms with Gasteiger partial charge in [-0.25, -0.2) is 0 Å². The Morgan fingerprint density at radius 2 is 2.23 bits per heavy atom. The molecule has 0 aliphatic heterocycles. The van der Waals surface area contributed by atoms with Crippen molar-refractivity contribution in [1.29, 1.82) is 5.41 Å². The van der Waals surface area contributed by atoms with Gasteiger partial charge in [0.05, 0.1) is 0 Å². The molecule has 1 aromatic rings. The zero-order valence-corrected chi connectivity index (χ0v) is 8.28. The quantitative estimate of drug-likeness (QED) is 0.662. The molecule has 2 nitrogen and oxygen atoms in total. The van der Waals surface area contributed by atoms with Crippen molar-refractivity contribution in [3.05, 3.63) is 29.1 Å². The van der Waals surface area contributed by atoms with Crippen LogP contribution in [-0.4, -0.2) is 11.2 Å². The van der Waals surface area contributed by atoms with Crippen molar-refractivity contribution in [3.8, 4) is 0 Å². The standard InChI is InChI=1S/C11H16N2/c1-4-6-9-8(3)13-11(5-2)10(9)7-12/h5,7,12-13H,2,4,6H2,1,3H3. The van der Waals surface area contributed by atoms with Crippen molar-refractivity contribution >= 4 is 12.3 Å². The van der Waals surface area contributed by atoms with Crippen molar-refractivity contribution in [2.75, 3.05) is 0 Å². The average molecular weight is 176 g/mol. The lowest BCUT2D eigenvalue weighted by Gasteiger charge is -1.98. The third kappa shape index (κ3) is 1.72. The number of aromatic amines is 1. The van der Waals surface area contributed by atoms with Crippen LogP contribution >= 0.6 is 0 Å². The largest absolute Gasteiger partial charge is 0.358 e. The maximum atomic E-state index is 7.33. The second-order valence-electron chi connectivity index (χ2n) is 3.15. The summed E-state index contributed by atoms with van der Waals surface area (Å²) in [5, 5.41) is 7.33. The second-order valence-corrected chi connectivity index (χ2v) is 3.15. The van der Waals surface area contributed by atoms with Gasteiger partial charge in [0, 0.05) is 23.2 Å². The fourth-order valence-corrected chi connectivity index (χ4v) is 1.61. The number of hydrogen-bond donors (Lipinski definition) is 2. The molecule has 70 valence electrons. The predicted molar refractivity (Wildman–Crippen MR) is 57.5 cm³/mol. The molecule has 0 saturated heterocycles. The Hall–Kier alpha value is -1.31. The fourth-order valence-electron chi connectivity index (χ4n) is 1.61. The number of aromatic nitrogens is 1. The van der Waals surface area contributed by atoms with E-state index in [-0.39, 0.29) is 0 Å². The van der Waals surface area contributed by atoms with Crippen LogP contribution in [0.2, 0.25) is 0 Å².